The van der Waals surface area contributed by atoms with Crippen molar-refractivity contribution in [3.63, 3.8) is 0 Å². The van der Waals surface area contributed by atoms with Crippen LogP contribution in [0.5, 0.6) is 0 Å². The molecule has 2 saturated heterocycles. The lowest BCUT2D eigenvalue weighted by atomic mass is 10.0. The summed E-state index contributed by atoms with van der Waals surface area (Å²) in [6, 6.07) is 0.693. The number of nitrogens with one attached hydrogen (secondary N) is 1. The summed E-state index contributed by atoms with van der Waals surface area (Å²) in [5.74, 6) is 1.26. The molecule has 2 aliphatic rings. The number of hydrogen-bond acceptors (Lipinski definition) is 3. The maximum Gasteiger partial charge on any atom is 0.0699 e. The van der Waals surface area contributed by atoms with Gasteiger partial charge in [-0.1, -0.05) is 0 Å². The van der Waals surface area contributed by atoms with E-state index in [4.69, 9.17) is 4.74 Å². The first-order valence-electron chi connectivity index (χ1n) is 5.67. The molecular weight excluding hydrogens is 194 g/mol. The second-order valence-electron chi connectivity index (χ2n) is 4.86. The van der Waals surface area contributed by atoms with Gasteiger partial charge < -0.3 is 10.1 Å². The molecule has 2 heterocycles. The smallest absolute Gasteiger partial charge is 0.0699 e. The van der Waals surface area contributed by atoms with Crippen LogP contribution < -0.4 is 5.32 Å². The van der Waals surface area contributed by atoms with Crippen LogP contribution in [-0.4, -0.2) is 35.8 Å². The van der Waals surface area contributed by atoms with Gasteiger partial charge in [0, 0.05) is 29.7 Å². The third-order valence-electron chi connectivity index (χ3n) is 3.33. The van der Waals surface area contributed by atoms with Crippen molar-refractivity contribution >= 4 is 11.8 Å². The minimum Gasteiger partial charge on any atom is -0.377 e. The van der Waals surface area contributed by atoms with Gasteiger partial charge in [-0.15, -0.1) is 0 Å². The van der Waals surface area contributed by atoms with Crippen LogP contribution in [0.3, 0.4) is 0 Å². The first-order valence-corrected chi connectivity index (χ1v) is 6.66. The average molecular weight is 215 g/mol. The lowest BCUT2D eigenvalue weighted by Gasteiger charge is -2.44. The average Bonchev–Trinajstić information content (AvgIpc) is 2.18. The van der Waals surface area contributed by atoms with Crippen molar-refractivity contribution in [1.82, 2.24) is 5.32 Å². The lowest BCUT2D eigenvalue weighted by molar-refractivity contribution is 0.0150. The minimum atomic E-state index is 0.439. The molecule has 2 aliphatic heterocycles. The van der Waals surface area contributed by atoms with Gasteiger partial charge in [-0.2, -0.15) is 11.8 Å². The van der Waals surface area contributed by atoms with Gasteiger partial charge in [-0.05, 0) is 33.1 Å². The summed E-state index contributed by atoms with van der Waals surface area (Å²) in [5, 5.41) is 3.63. The van der Waals surface area contributed by atoms with E-state index in [-0.39, 0.29) is 0 Å². The highest BCUT2D eigenvalue weighted by molar-refractivity contribution is 8.02. The van der Waals surface area contributed by atoms with Gasteiger partial charge in [0.05, 0.1) is 6.10 Å². The van der Waals surface area contributed by atoms with Gasteiger partial charge in [0.1, 0.15) is 0 Å². The fourth-order valence-corrected chi connectivity index (χ4v) is 3.25. The molecule has 0 aliphatic carbocycles. The standard InChI is InChI=1S/C11H21NOS/c1-11(2)10(8-14-11)12-7-9-5-3-4-6-13-9/h9-10,12H,3-8H2,1-2H3. The van der Waals surface area contributed by atoms with Crippen molar-refractivity contribution in [1.29, 1.82) is 0 Å². The van der Waals surface area contributed by atoms with Crippen molar-refractivity contribution in [2.45, 2.75) is 50.0 Å². The summed E-state index contributed by atoms with van der Waals surface area (Å²) in [5.41, 5.74) is 0. The molecule has 0 aromatic heterocycles. The Morgan fingerprint density at radius 1 is 1.43 bits per heavy atom. The number of hydrogen-bond donors (Lipinski definition) is 1. The molecule has 0 spiro atoms. The second kappa shape index (κ2) is 4.42. The van der Waals surface area contributed by atoms with Crippen LogP contribution in [0.15, 0.2) is 0 Å². The van der Waals surface area contributed by atoms with Gasteiger partial charge in [-0.25, -0.2) is 0 Å². The third-order valence-corrected chi connectivity index (χ3v) is 4.86. The maximum atomic E-state index is 5.70. The van der Waals surface area contributed by atoms with E-state index in [2.05, 4.69) is 30.9 Å². The van der Waals surface area contributed by atoms with Crippen LogP contribution in [0, 0.1) is 0 Å². The molecule has 0 saturated carbocycles. The molecule has 2 unspecified atom stereocenters. The van der Waals surface area contributed by atoms with E-state index in [1.807, 2.05) is 0 Å². The molecule has 0 amide bonds. The Kier molecular flexibility index (Phi) is 3.40. The zero-order valence-corrected chi connectivity index (χ0v) is 10.0. The van der Waals surface area contributed by atoms with Crippen LogP contribution >= 0.6 is 11.8 Å². The predicted octanol–water partition coefficient (Wildman–Crippen LogP) is 2.04. The summed E-state index contributed by atoms with van der Waals surface area (Å²) < 4.78 is 6.13. The van der Waals surface area contributed by atoms with E-state index in [1.54, 1.807) is 0 Å². The minimum absolute atomic E-state index is 0.439. The van der Waals surface area contributed by atoms with Crippen molar-refractivity contribution in [3.8, 4) is 0 Å². The fraction of sp³-hybridized carbons (Fsp3) is 1.00. The van der Waals surface area contributed by atoms with Crippen LogP contribution in [0.25, 0.3) is 0 Å². The summed E-state index contributed by atoms with van der Waals surface area (Å²) in [7, 11) is 0. The SMILES string of the molecule is CC1(C)SCC1NCC1CCCCO1. The monoisotopic (exact) mass is 215 g/mol. The van der Waals surface area contributed by atoms with E-state index in [0.717, 1.165) is 13.2 Å². The second-order valence-corrected chi connectivity index (χ2v) is 6.54. The number of rotatable bonds is 3. The molecule has 1 N–H and O–H groups in total. The van der Waals surface area contributed by atoms with Gasteiger partial charge in [-0.3, -0.25) is 0 Å². The van der Waals surface area contributed by atoms with Crippen molar-refractivity contribution < 1.29 is 4.74 Å². The van der Waals surface area contributed by atoms with Gasteiger partial charge in [0.15, 0.2) is 0 Å². The number of thioether (sulfide) groups is 1. The molecule has 0 aromatic rings. The first kappa shape index (κ1) is 10.8. The van der Waals surface area contributed by atoms with Crippen LogP contribution in [0.2, 0.25) is 0 Å². The van der Waals surface area contributed by atoms with Gasteiger partial charge in [0.25, 0.3) is 0 Å². The Morgan fingerprint density at radius 2 is 2.29 bits per heavy atom. The fourth-order valence-electron chi connectivity index (χ4n) is 2.05. The highest BCUT2D eigenvalue weighted by Crippen LogP contribution is 2.39. The molecular formula is C11H21NOS. The molecule has 2 fully saturated rings. The van der Waals surface area contributed by atoms with Crippen molar-refractivity contribution in [3.05, 3.63) is 0 Å². The Hall–Kier alpha value is 0.270. The lowest BCUT2D eigenvalue weighted by Crippen LogP contribution is -2.56. The molecule has 2 rings (SSSR count). The van der Waals surface area contributed by atoms with E-state index in [1.165, 1.54) is 25.0 Å². The Balaban J connectivity index is 1.66. The first-order chi connectivity index (χ1) is 6.68. The van der Waals surface area contributed by atoms with Crippen LogP contribution in [0.1, 0.15) is 33.1 Å². The third kappa shape index (κ3) is 2.44. The largest absolute Gasteiger partial charge is 0.377 e. The van der Waals surface area contributed by atoms with E-state index in [0.29, 0.717) is 16.9 Å². The zero-order valence-electron chi connectivity index (χ0n) is 9.21. The van der Waals surface area contributed by atoms with E-state index in [9.17, 15) is 0 Å². The topological polar surface area (TPSA) is 21.3 Å². The van der Waals surface area contributed by atoms with Crippen LogP contribution in [-0.2, 0) is 4.74 Å². The molecule has 0 radical (unpaired) electrons. The van der Waals surface area contributed by atoms with Gasteiger partial charge >= 0.3 is 0 Å². The Labute approximate surface area is 91.2 Å². The summed E-state index contributed by atoms with van der Waals surface area (Å²) >= 11 is 2.05. The highest BCUT2D eigenvalue weighted by Gasteiger charge is 2.39. The van der Waals surface area contributed by atoms with Crippen molar-refractivity contribution in [2.24, 2.45) is 0 Å². The van der Waals surface area contributed by atoms with E-state index >= 15 is 0 Å². The molecule has 0 bridgehead atoms. The predicted molar refractivity (Wildman–Crippen MR) is 61.9 cm³/mol. The zero-order chi connectivity index (χ0) is 10.0. The molecule has 3 heteroatoms. The molecule has 82 valence electrons. The summed E-state index contributed by atoms with van der Waals surface area (Å²) in [6.07, 6.45) is 4.31. The summed E-state index contributed by atoms with van der Waals surface area (Å²) in [6.45, 7) is 6.66. The maximum absolute atomic E-state index is 5.70. The van der Waals surface area contributed by atoms with Gasteiger partial charge in [0.2, 0.25) is 0 Å². The molecule has 14 heavy (non-hydrogen) atoms. The Bertz CT molecular complexity index is 190. The Morgan fingerprint density at radius 3 is 2.79 bits per heavy atom. The normalized spacial score (nSPS) is 36.4. The number of ether oxygens (including phenoxy) is 1. The van der Waals surface area contributed by atoms with Crippen molar-refractivity contribution in [2.75, 3.05) is 18.9 Å². The van der Waals surface area contributed by atoms with Crippen LogP contribution in [0.4, 0.5) is 0 Å². The van der Waals surface area contributed by atoms with E-state index < -0.39 is 0 Å². The molecule has 2 nitrogen and oxygen atoms in total. The summed E-state index contributed by atoms with van der Waals surface area (Å²) in [4.78, 5) is 0. The molecule has 0 aromatic carbocycles. The quantitative estimate of drug-likeness (QED) is 0.778. The molecule has 2 atom stereocenters. The highest BCUT2D eigenvalue weighted by atomic mass is 32.2.